The van der Waals surface area contributed by atoms with E-state index in [4.69, 9.17) is 10.5 Å². The predicted octanol–water partition coefficient (Wildman–Crippen LogP) is 1.67. The average molecular weight is 312 g/mol. The molecule has 0 radical (unpaired) electrons. The molecule has 116 valence electrons. The molecule has 0 aliphatic carbocycles. The van der Waals surface area contributed by atoms with Crippen LogP contribution < -0.4 is 5.73 Å². The molecule has 1 aromatic rings. The Labute approximate surface area is 131 Å². The van der Waals surface area contributed by atoms with E-state index in [-0.39, 0.29) is 36.6 Å². The zero-order valence-corrected chi connectivity index (χ0v) is 12.8. The highest BCUT2D eigenvalue weighted by molar-refractivity contribution is 5.85. The number of likely N-dealkylation sites (tertiary alicyclic amines) is 1. The number of nitrogens with two attached hydrogens (primary N) is 1. The van der Waals surface area contributed by atoms with Gasteiger partial charge in [-0.2, -0.15) is 0 Å². The first-order valence-corrected chi connectivity index (χ1v) is 7.35. The molecule has 3 atom stereocenters. The van der Waals surface area contributed by atoms with Gasteiger partial charge in [-0.05, 0) is 37.3 Å². The van der Waals surface area contributed by atoms with Gasteiger partial charge in [-0.1, -0.05) is 6.07 Å². The minimum atomic E-state index is -0.305. The van der Waals surface area contributed by atoms with E-state index in [0.717, 1.165) is 37.8 Å². The minimum Gasteiger partial charge on any atom is -0.364 e. The molecule has 6 heteroatoms. The normalized spacial score (nSPS) is 28.4. The van der Waals surface area contributed by atoms with Crippen molar-refractivity contribution >= 4 is 18.3 Å². The van der Waals surface area contributed by atoms with Crippen molar-refractivity contribution in [2.24, 2.45) is 5.73 Å². The largest absolute Gasteiger partial charge is 0.364 e. The molecular formula is C15H22ClN3O2. The Morgan fingerprint density at radius 1 is 1.43 bits per heavy atom. The van der Waals surface area contributed by atoms with Gasteiger partial charge in [0.2, 0.25) is 0 Å². The lowest BCUT2D eigenvalue weighted by Crippen LogP contribution is -2.39. The van der Waals surface area contributed by atoms with Crippen molar-refractivity contribution in [3.05, 3.63) is 30.1 Å². The third kappa shape index (κ3) is 3.36. The molecule has 3 rings (SSSR count). The molecule has 0 aromatic carbocycles. The molecule has 3 heterocycles. The maximum atomic E-state index is 12.6. The van der Waals surface area contributed by atoms with Gasteiger partial charge in [0.25, 0.3) is 5.91 Å². The van der Waals surface area contributed by atoms with Crippen LogP contribution in [0.15, 0.2) is 24.5 Å². The Morgan fingerprint density at radius 3 is 2.95 bits per heavy atom. The second-order valence-electron chi connectivity index (χ2n) is 5.54. The number of hydrogen-bond acceptors (Lipinski definition) is 4. The number of rotatable bonds is 3. The van der Waals surface area contributed by atoms with E-state index in [1.165, 1.54) is 0 Å². The first-order chi connectivity index (χ1) is 9.79. The van der Waals surface area contributed by atoms with Gasteiger partial charge < -0.3 is 15.4 Å². The highest BCUT2D eigenvalue weighted by atomic mass is 35.5. The van der Waals surface area contributed by atoms with E-state index in [9.17, 15) is 4.79 Å². The van der Waals surface area contributed by atoms with Crippen LogP contribution in [0.4, 0.5) is 0 Å². The van der Waals surface area contributed by atoms with Crippen molar-refractivity contribution in [3.63, 3.8) is 0 Å². The molecular weight excluding hydrogens is 290 g/mol. The number of halogens is 1. The maximum Gasteiger partial charge on any atom is 0.252 e. The summed E-state index contributed by atoms with van der Waals surface area (Å²) >= 11 is 0. The molecule has 21 heavy (non-hydrogen) atoms. The monoisotopic (exact) mass is 311 g/mol. The summed E-state index contributed by atoms with van der Waals surface area (Å²) in [5.41, 5.74) is 6.73. The Bertz CT molecular complexity index is 471. The molecule has 5 nitrogen and oxygen atoms in total. The van der Waals surface area contributed by atoms with Gasteiger partial charge >= 0.3 is 0 Å². The number of pyridine rings is 1. The Kier molecular flexibility index (Phi) is 5.56. The molecule has 2 aliphatic heterocycles. The molecule has 0 spiro atoms. The Morgan fingerprint density at radius 2 is 2.29 bits per heavy atom. The van der Waals surface area contributed by atoms with Crippen molar-refractivity contribution < 1.29 is 9.53 Å². The topological polar surface area (TPSA) is 68.5 Å². The van der Waals surface area contributed by atoms with Gasteiger partial charge in [-0.15, -0.1) is 12.4 Å². The van der Waals surface area contributed by atoms with Crippen molar-refractivity contribution in [2.75, 3.05) is 13.1 Å². The van der Waals surface area contributed by atoms with E-state index in [2.05, 4.69) is 4.98 Å². The highest BCUT2D eigenvalue weighted by Gasteiger charge is 2.37. The molecule has 2 saturated heterocycles. The molecule has 0 bridgehead atoms. The van der Waals surface area contributed by atoms with Crippen molar-refractivity contribution in [1.29, 1.82) is 0 Å². The van der Waals surface area contributed by atoms with Crippen LogP contribution in [0.3, 0.4) is 0 Å². The summed E-state index contributed by atoms with van der Waals surface area (Å²) in [6, 6.07) is 4.12. The predicted molar refractivity (Wildman–Crippen MR) is 82.1 cm³/mol. The molecule has 2 aliphatic rings. The lowest BCUT2D eigenvalue weighted by Gasteiger charge is -2.27. The summed E-state index contributed by atoms with van der Waals surface area (Å²) in [6.45, 7) is 1.31. The molecule has 1 unspecified atom stereocenters. The van der Waals surface area contributed by atoms with E-state index in [1.54, 1.807) is 6.20 Å². The number of carbonyl (C=O) groups is 1. The summed E-state index contributed by atoms with van der Waals surface area (Å²) in [5.74, 6) is 0.118. The molecule has 2 N–H and O–H groups in total. The van der Waals surface area contributed by atoms with Crippen LogP contribution in [0.5, 0.6) is 0 Å². The fourth-order valence-electron chi connectivity index (χ4n) is 3.20. The van der Waals surface area contributed by atoms with E-state index in [0.29, 0.717) is 6.54 Å². The van der Waals surface area contributed by atoms with Gasteiger partial charge in [0.15, 0.2) is 0 Å². The summed E-state index contributed by atoms with van der Waals surface area (Å²) < 4.78 is 5.74. The first kappa shape index (κ1) is 16.2. The summed E-state index contributed by atoms with van der Waals surface area (Å²) in [6.07, 6.45) is 7.08. The summed E-state index contributed by atoms with van der Waals surface area (Å²) in [7, 11) is 0. The van der Waals surface area contributed by atoms with Crippen molar-refractivity contribution in [1.82, 2.24) is 9.88 Å². The second-order valence-corrected chi connectivity index (χ2v) is 5.54. The van der Waals surface area contributed by atoms with Crippen LogP contribution in [0.2, 0.25) is 0 Å². The standard InChI is InChI=1S/C15H21N3O2.ClH/c16-9-12-5-6-14(20-12)15(19)18-8-2-4-13(18)11-3-1-7-17-10-11;/h1,3,7,10,12-14H,2,4-6,8-9,16H2;1H/t12-,13?,14+;/m1./s1. The fraction of sp³-hybridized carbons (Fsp3) is 0.600. The van der Waals surface area contributed by atoms with Crippen LogP contribution in [0.1, 0.15) is 37.3 Å². The third-order valence-electron chi connectivity index (χ3n) is 4.25. The van der Waals surface area contributed by atoms with Crippen LogP contribution in [0, 0.1) is 0 Å². The Hall–Kier alpha value is -1.17. The van der Waals surface area contributed by atoms with Crippen molar-refractivity contribution in [3.8, 4) is 0 Å². The van der Waals surface area contributed by atoms with E-state index < -0.39 is 0 Å². The molecule has 1 aromatic heterocycles. The van der Waals surface area contributed by atoms with Crippen LogP contribution in [-0.2, 0) is 9.53 Å². The Balaban J connectivity index is 0.00000161. The van der Waals surface area contributed by atoms with E-state index >= 15 is 0 Å². The second kappa shape index (κ2) is 7.20. The average Bonchev–Trinajstić information content (AvgIpc) is 3.16. The number of aromatic nitrogens is 1. The minimum absolute atomic E-state index is 0. The lowest BCUT2D eigenvalue weighted by molar-refractivity contribution is -0.143. The zero-order valence-electron chi connectivity index (χ0n) is 12.0. The SMILES string of the molecule is Cl.NC[C@H]1CC[C@@H](C(=O)N2CCCC2c2cccnc2)O1. The number of carbonyl (C=O) groups excluding carboxylic acids is 1. The van der Waals surface area contributed by atoms with Gasteiger partial charge in [0, 0.05) is 25.5 Å². The number of nitrogens with zero attached hydrogens (tertiary/aromatic N) is 2. The van der Waals surface area contributed by atoms with Gasteiger partial charge in [0.05, 0.1) is 12.1 Å². The van der Waals surface area contributed by atoms with Gasteiger partial charge in [0.1, 0.15) is 6.10 Å². The molecule has 1 amide bonds. The van der Waals surface area contributed by atoms with Crippen molar-refractivity contribution in [2.45, 2.75) is 43.9 Å². The third-order valence-corrected chi connectivity index (χ3v) is 4.25. The van der Waals surface area contributed by atoms with Gasteiger partial charge in [-0.25, -0.2) is 0 Å². The van der Waals surface area contributed by atoms with Crippen LogP contribution in [0.25, 0.3) is 0 Å². The smallest absolute Gasteiger partial charge is 0.252 e. The first-order valence-electron chi connectivity index (χ1n) is 7.35. The number of ether oxygens (including phenoxy) is 1. The maximum absolute atomic E-state index is 12.6. The summed E-state index contributed by atoms with van der Waals surface area (Å²) in [5, 5.41) is 0. The van der Waals surface area contributed by atoms with E-state index in [1.807, 2.05) is 23.2 Å². The van der Waals surface area contributed by atoms with Gasteiger partial charge in [-0.3, -0.25) is 9.78 Å². The quantitative estimate of drug-likeness (QED) is 0.922. The summed E-state index contributed by atoms with van der Waals surface area (Å²) in [4.78, 5) is 18.8. The number of hydrogen-bond donors (Lipinski definition) is 1. The lowest BCUT2D eigenvalue weighted by atomic mass is 10.1. The van der Waals surface area contributed by atoms with Crippen LogP contribution >= 0.6 is 12.4 Å². The molecule has 0 saturated carbocycles. The van der Waals surface area contributed by atoms with Crippen LogP contribution in [-0.4, -0.2) is 41.1 Å². The number of amides is 1. The highest BCUT2D eigenvalue weighted by Crippen LogP contribution is 2.33. The zero-order chi connectivity index (χ0) is 13.9. The fourth-order valence-corrected chi connectivity index (χ4v) is 3.20. The molecule has 2 fully saturated rings.